The van der Waals surface area contributed by atoms with Crippen LogP contribution in [0, 0.1) is 0 Å². The highest BCUT2D eigenvalue weighted by atomic mass is 16.5. The number of hydrogen-bond acceptors (Lipinski definition) is 2. The maximum atomic E-state index is 5.43. The van der Waals surface area contributed by atoms with E-state index in [1.165, 1.54) is 24.0 Å². The summed E-state index contributed by atoms with van der Waals surface area (Å²) in [7, 11) is 0. The Balaban J connectivity index is 1.55. The molecule has 0 amide bonds. The summed E-state index contributed by atoms with van der Waals surface area (Å²) in [5.74, 6) is 0.861. The maximum absolute atomic E-state index is 5.43. The highest BCUT2D eigenvalue weighted by molar-refractivity contribution is 5.28. The predicted octanol–water partition coefficient (Wildman–Crippen LogP) is 3.22. The molecule has 0 aromatic heterocycles. The van der Waals surface area contributed by atoms with Gasteiger partial charge in [-0.1, -0.05) is 24.3 Å². The molecule has 2 aliphatic rings. The van der Waals surface area contributed by atoms with Gasteiger partial charge in [0.25, 0.3) is 0 Å². The summed E-state index contributed by atoms with van der Waals surface area (Å²) >= 11 is 0. The Morgan fingerprint density at radius 1 is 1.17 bits per heavy atom. The summed E-state index contributed by atoms with van der Waals surface area (Å²) in [6.45, 7) is 5.07. The summed E-state index contributed by atoms with van der Waals surface area (Å²) < 4.78 is 5.43. The monoisotopic (exact) mass is 245 g/mol. The summed E-state index contributed by atoms with van der Waals surface area (Å²) in [6, 6.07) is 9.18. The second-order valence-corrected chi connectivity index (χ2v) is 6.04. The highest BCUT2D eigenvalue weighted by Gasteiger charge is 2.26. The Bertz CT molecular complexity index is 388. The topological polar surface area (TPSA) is 21.3 Å². The van der Waals surface area contributed by atoms with Crippen LogP contribution in [0.15, 0.2) is 24.3 Å². The first-order valence-corrected chi connectivity index (χ1v) is 7.17. The van der Waals surface area contributed by atoms with Crippen LogP contribution < -0.4 is 5.32 Å². The molecule has 0 bridgehead atoms. The third-order valence-electron chi connectivity index (χ3n) is 4.34. The van der Waals surface area contributed by atoms with Gasteiger partial charge in [-0.2, -0.15) is 0 Å². The van der Waals surface area contributed by atoms with E-state index in [0.717, 1.165) is 38.5 Å². The molecule has 2 nitrogen and oxygen atoms in total. The third-order valence-corrected chi connectivity index (χ3v) is 4.34. The summed E-state index contributed by atoms with van der Waals surface area (Å²) in [4.78, 5) is 0. The van der Waals surface area contributed by atoms with E-state index in [0.29, 0.717) is 0 Å². The van der Waals surface area contributed by atoms with Gasteiger partial charge in [0.05, 0.1) is 0 Å². The first kappa shape index (κ1) is 12.2. The molecule has 1 aromatic carbocycles. The van der Waals surface area contributed by atoms with Crippen molar-refractivity contribution in [1.29, 1.82) is 0 Å². The smallest absolute Gasteiger partial charge is 0.0483 e. The normalized spacial score (nSPS) is 22.9. The predicted molar refractivity (Wildman–Crippen MR) is 73.7 cm³/mol. The van der Waals surface area contributed by atoms with Crippen molar-refractivity contribution in [2.45, 2.75) is 50.6 Å². The summed E-state index contributed by atoms with van der Waals surface area (Å²) in [5.41, 5.74) is 3.18. The summed E-state index contributed by atoms with van der Waals surface area (Å²) in [5, 5.41) is 3.70. The fraction of sp³-hybridized carbons (Fsp3) is 0.625. The number of rotatable bonds is 4. The van der Waals surface area contributed by atoms with E-state index in [1.54, 1.807) is 0 Å². The van der Waals surface area contributed by atoms with E-state index < -0.39 is 0 Å². The average Bonchev–Trinajstić information content (AvgIpc) is 3.22. The van der Waals surface area contributed by atoms with Gasteiger partial charge < -0.3 is 10.1 Å². The van der Waals surface area contributed by atoms with Crippen molar-refractivity contribution in [3.05, 3.63) is 35.4 Å². The van der Waals surface area contributed by atoms with Crippen LogP contribution in [0.1, 0.15) is 49.7 Å². The SMILES string of the molecule is CC1(NCc2ccc(C3CC3)cc2)CCOCC1. The van der Waals surface area contributed by atoms with Gasteiger partial charge in [0.15, 0.2) is 0 Å². The Labute approximate surface area is 110 Å². The zero-order valence-electron chi connectivity index (χ0n) is 11.2. The molecule has 0 radical (unpaired) electrons. The second kappa shape index (κ2) is 5.02. The molecule has 1 heterocycles. The number of ether oxygens (including phenoxy) is 1. The zero-order valence-corrected chi connectivity index (χ0v) is 11.2. The second-order valence-electron chi connectivity index (χ2n) is 6.04. The lowest BCUT2D eigenvalue weighted by molar-refractivity contribution is 0.0446. The van der Waals surface area contributed by atoms with E-state index >= 15 is 0 Å². The van der Waals surface area contributed by atoms with Crippen molar-refractivity contribution in [3.8, 4) is 0 Å². The Kier molecular flexibility index (Phi) is 3.40. The van der Waals surface area contributed by atoms with Gasteiger partial charge in [-0.3, -0.25) is 0 Å². The van der Waals surface area contributed by atoms with E-state index in [-0.39, 0.29) is 5.54 Å². The molecule has 1 aliphatic heterocycles. The molecule has 2 fully saturated rings. The van der Waals surface area contributed by atoms with Crippen LogP contribution in [0.2, 0.25) is 0 Å². The van der Waals surface area contributed by atoms with Crippen molar-refractivity contribution >= 4 is 0 Å². The lowest BCUT2D eigenvalue weighted by Crippen LogP contribution is -2.46. The molecule has 1 aliphatic carbocycles. The third kappa shape index (κ3) is 2.93. The lowest BCUT2D eigenvalue weighted by Gasteiger charge is -2.34. The van der Waals surface area contributed by atoms with Crippen LogP contribution in [0.3, 0.4) is 0 Å². The van der Waals surface area contributed by atoms with Gasteiger partial charge >= 0.3 is 0 Å². The molecule has 3 rings (SSSR count). The van der Waals surface area contributed by atoms with Gasteiger partial charge in [-0.05, 0) is 49.7 Å². The van der Waals surface area contributed by atoms with Crippen LogP contribution in [-0.2, 0) is 11.3 Å². The fourth-order valence-electron chi connectivity index (χ4n) is 2.64. The van der Waals surface area contributed by atoms with Crippen LogP contribution in [-0.4, -0.2) is 18.8 Å². The van der Waals surface area contributed by atoms with Crippen LogP contribution in [0.4, 0.5) is 0 Å². The quantitative estimate of drug-likeness (QED) is 0.879. The first-order valence-electron chi connectivity index (χ1n) is 7.17. The molecule has 2 heteroatoms. The van der Waals surface area contributed by atoms with E-state index in [1.807, 2.05) is 0 Å². The molecule has 1 aromatic rings. The minimum atomic E-state index is 0.257. The van der Waals surface area contributed by atoms with Gasteiger partial charge in [-0.25, -0.2) is 0 Å². The Morgan fingerprint density at radius 3 is 2.44 bits per heavy atom. The van der Waals surface area contributed by atoms with Crippen molar-refractivity contribution in [3.63, 3.8) is 0 Å². The standard InChI is InChI=1S/C16H23NO/c1-16(8-10-18-11-9-16)17-12-13-2-4-14(5-3-13)15-6-7-15/h2-5,15,17H,6-12H2,1H3. The van der Waals surface area contributed by atoms with Crippen molar-refractivity contribution in [2.75, 3.05) is 13.2 Å². The average molecular weight is 245 g/mol. The Hall–Kier alpha value is -0.860. The van der Waals surface area contributed by atoms with E-state index in [4.69, 9.17) is 4.74 Å². The molecule has 0 spiro atoms. The van der Waals surface area contributed by atoms with Gasteiger partial charge in [0.1, 0.15) is 0 Å². The lowest BCUT2D eigenvalue weighted by atomic mass is 9.92. The van der Waals surface area contributed by atoms with Gasteiger partial charge in [0.2, 0.25) is 0 Å². The summed E-state index contributed by atoms with van der Waals surface area (Å²) in [6.07, 6.45) is 5.01. The van der Waals surface area contributed by atoms with E-state index in [9.17, 15) is 0 Å². The van der Waals surface area contributed by atoms with Crippen LogP contribution in [0.25, 0.3) is 0 Å². The van der Waals surface area contributed by atoms with Crippen molar-refractivity contribution < 1.29 is 4.74 Å². The molecule has 18 heavy (non-hydrogen) atoms. The highest BCUT2D eigenvalue weighted by Crippen LogP contribution is 2.39. The molecule has 1 saturated carbocycles. The van der Waals surface area contributed by atoms with Crippen LogP contribution >= 0.6 is 0 Å². The number of hydrogen-bond donors (Lipinski definition) is 1. The van der Waals surface area contributed by atoms with Gasteiger partial charge in [0, 0.05) is 25.3 Å². The fourth-order valence-corrected chi connectivity index (χ4v) is 2.64. The number of benzene rings is 1. The first-order chi connectivity index (χ1) is 8.75. The molecule has 98 valence electrons. The van der Waals surface area contributed by atoms with Crippen molar-refractivity contribution in [1.82, 2.24) is 5.32 Å². The maximum Gasteiger partial charge on any atom is 0.0483 e. The zero-order chi connectivity index (χ0) is 12.4. The molecule has 0 unspecified atom stereocenters. The molecular formula is C16H23NO. The van der Waals surface area contributed by atoms with Crippen molar-refractivity contribution in [2.24, 2.45) is 0 Å². The van der Waals surface area contributed by atoms with E-state index in [2.05, 4.69) is 36.5 Å². The largest absolute Gasteiger partial charge is 0.381 e. The molecule has 0 atom stereocenters. The molecule has 1 N–H and O–H groups in total. The van der Waals surface area contributed by atoms with Gasteiger partial charge in [-0.15, -0.1) is 0 Å². The minimum absolute atomic E-state index is 0.257. The Morgan fingerprint density at radius 2 is 1.83 bits per heavy atom. The molecular weight excluding hydrogens is 222 g/mol. The molecule has 1 saturated heterocycles. The van der Waals surface area contributed by atoms with Crippen LogP contribution in [0.5, 0.6) is 0 Å². The number of nitrogens with one attached hydrogen (secondary N) is 1. The minimum Gasteiger partial charge on any atom is -0.381 e.